The van der Waals surface area contributed by atoms with E-state index in [2.05, 4.69) is 16.0 Å². The minimum atomic E-state index is -0.555. The molecule has 0 saturated carbocycles. The lowest BCUT2D eigenvalue weighted by Crippen LogP contribution is -2.36. The number of benzene rings is 1. The van der Waals surface area contributed by atoms with E-state index in [0.717, 1.165) is 52.6 Å². The van der Waals surface area contributed by atoms with Gasteiger partial charge in [-0.1, -0.05) is 0 Å². The number of unbranched alkanes of at least 4 members (excludes halogenated alkanes) is 2. The van der Waals surface area contributed by atoms with Crippen molar-refractivity contribution in [1.82, 2.24) is 19.1 Å². The van der Waals surface area contributed by atoms with Gasteiger partial charge in [-0.05, 0) is 56.4 Å². The highest BCUT2D eigenvalue weighted by Crippen LogP contribution is 2.24. The summed E-state index contributed by atoms with van der Waals surface area (Å²) in [7, 11) is 3.12. The van der Waals surface area contributed by atoms with Gasteiger partial charge in [0.15, 0.2) is 11.5 Å². The molecule has 2 heterocycles. The molecule has 0 amide bonds. The van der Waals surface area contributed by atoms with Gasteiger partial charge in [0, 0.05) is 27.3 Å². The Kier molecular flexibility index (Phi) is 5.18. The Balaban J connectivity index is 2.20. The fourth-order valence-electron chi connectivity index (χ4n) is 3.09. The maximum absolute atomic E-state index is 12.5. The zero-order valence-electron chi connectivity index (χ0n) is 15.7. The molecule has 7 nitrogen and oxygen atoms in total. The summed E-state index contributed by atoms with van der Waals surface area (Å²) in [6, 6.07) is 4.03. The van der Waals surface area contributed by atoms with E-state index >= 15 is 0 Å². The summed E-state index contributed by atoms with van der Waals surface area (Å²) >= 11 is 0. The van der Waals surface area contributed by atoms with E-state index in [4.69, 9.17) is 4.74 Å². The van der Waals surface area contributed by atoms with Gasteiger partial charge in [0.1, 0.15) is 0 Å². The van der Waals surface area contributed by atoms with Crippen molar-refractivity contribution < 1.29 is 4.74 Å². The number of nitrogens with zero attached hydrogens (tertiary/aromatic N) is 4. The van der Waals surface area contributed by atoms with Gasteiger partial charge in [-0.2, -0.15) is 4.98 Å². The Morgan fingerprint density at radius 1 is 1.04 bits per heavy atom. The van der Waals surface area contributed by atoms with E-state index in [1.165, 1.54) is 7.05 Å². The summed E-state index contributed by atoms with van der Waals surface area (Å²) in [5, 5.41) is 0. The molecule has 0 unspecified atom stereocenters. The molecular weight excluding hydrogens is 332 g/mol. The van der Waals surface area contributed by atoms with Crippen LogP contribution in [0.2, 0.25) is 0 Å². The zero-order chi connectivity index (χ0) is 18.8. The molecule has 26 heavy (non-hydrogen) atoms. The SMILES string of the molecule is COCCCCCn1c2nc(=O)n(C)c(=O)c-2nc2cc(C)c(C)cc21. The van der Waals surface area contributed by atoms with E-state index in [0.29, 0.717) is 12.4 Å². The topological polar surface area (TPSA) is 79.0 Å². The molecule has 0 spiro atoms. The first kappa shape index (κ1) is 18.3. The third-order valence-corrected chi connectivity index (χ3v) is 4.81. The zero-order valence-corrected chi connectivity index (χ0v) is 15.7. The average molecular weight is 356 g/mol. The second-order valence-electron chi connectivity index (χ2n) is 6.67. The lowest BCUT2D eigenvalue weighted by Gasteiger charge is -2.18. The molecule has 138 valence electrons. The fourth-order valence-corrected chi connectivity index (χ4v) is 3.09. The van der Waals surface area contributed by atoms with Crippen LogP contribution in [0.4, 0.5) is 0 Å². The van der Waals surface area contributed by atoms with Gasteiger partial charge in [0.05, 0.1) is 11.0 Å². The van der Waals surface area contributed by atoms with Crippen LogP contribution in [0.3, 0.4) is 0 Å². The van der Waals surface area contributed by atoms with E-state index in [-0.39, 0.29) is 5.69 Å². The van der Waals surface area contributed by atoms with Gasteiger partial charge in [-0.3, -0.25) is 9.36 Å². The average Bonchev–Trinajstić information content (AvgIpc) is 2.61. The van der Waals surface area contributed by atoms with Crippen LogP contribution in [0.25, 0.3) is 22.6 Å². The van der Waals surface area contributed by atoms with Crippen molar-refractivity contribution in [3.8, 4) is 11.5 Å². The van der Waals surface area contributed by atoms with Gasteiger partial charge >= 0.3 is 5.69 Å². The van der Waals surface area contributed by atoms with Crippen LogP contribution in [0.1, 0.15) is 30.4 Å². The quantitative estimate of drug-likeness (QED) is 0.499. The summed E-state index contributed by atoms with van der Waals surface area (Å²) < 4.78 is 8.06. The smallest absolute Gasteiger partial charge is 0.352 e. The van der Waals surface area contributed by atoms with E-state index in [1.54, 1.807) is 7.11 Å². The number of fused-ring (bicyclic) bond motifs is 2. The molecule has 0 aliphatic carbocycles. The minimum absolute atomic E-state index is 0.236. The third-order valence-electron chi connectivity index (χ3n) is 4.81. The molecule has 0 radical (unpaired) electrons. The third kappa shape index (κ3) is 3.26. The minimum Gasteiger partial charge on any atom is -0.385 e. The second kappa shape index (κ2) is 7.37. The Hall–Kier alpha value is -2.54. The van der Waals surface area contributed by atoms with Crippen molar-refractivity contribution in [1.29, 1.82) is 0 Å². The molecule has 0 saturated heterocycles. The monoisotopic (exact) mass is 356 g/mol. The first-order valence-corrected chi connectivity index (χ1v) is 8.81. The van der Waals surface area contributed by atoms with E-state index in [1.807, 2.05) is 24.5 Å². The van der Waals surface area contributed by atoms with Crippen molar-refractivity contribution in [2.75, 3.05) is 13.7 Å². The Bertz CT molecular complexity index is 1040. The Morgan fingerprint density at radius 2 is 1.77 bits per heavy atom. The van der Waals surface area contributed by atoms with Crippen molar-refractivity contribution >= 4 is 11.0 Å². The lowest BCUT2D eigenvalue weighted by atomic mass is 10.1. The number of hydrogen-bond donors (Lipinski definition) is 0. The number of methoxy groups -OCH3 is 1. The number of aromatic nitrogens is 4. The Morgan fingerprint density at radius 3 is 2.50 bits per heavy atom. The normalized spacial score (nSPS) is 11.5. The molecule has 1 aromatic carbocycles. The van der Waals surface area contributed by atoms with E-state index < -0.39 is 11.2 Å². The predicted octanol–water partition coefficient (Wildman–Crippen LogP) is 2.03. The van der Waals surface area contributed by atoms with Gasteiger partial charge < -0.3 is 9.30 Å². The van der Waals surface area contributed by atoms with Gasteiger partial charge in [0.2, 0.25) is 0 Å². The van der Waals surface area contributed by atoms with E-state index in [9.17, 15) is 9.59 Å². The van der Waals surface area contributed by atoms with Crippen LogP contribution in [-0.2, 0) is 18.3 Å². The van der Waals surface area contributed by atoms with Crippen molar-refractivity contribution in [2.24, 2.45) is 7.05 Å². The number of aryl methyl sites for hydroxylation is 3. The highest BCUT2D eigenvalue weighted by Gasteiger charge is 2.20. The molecule has 0 N–H and O–H groups in total. The summed E-state index contributed by atoms with van der Waals surface area (Å²) in [6.07, 6.45) is 2.87. The lowest BCUT2D eigenvalue weighted by molar-refractivity contribution is 0.191. The van der Waals surface area contributed by atoms with Crippen LogP contribution in [0, 0.1) is 13.8 Å². The number of ether oxygens (including phenoxy) is 1. The molecular formula is C19H24N4O3. The molecule has 1 aromatic rings. The maximum Gasteiger partial charge on any atom is 0.352 e. The van der Waals surface area contributed by atoms with Gasteiger partial charge in [0.25, 0.3) is 5.56 Å². The van der Waals surface area contributed by atoms with Crippen molar-refractivity contribution in [3.05, 3.63) is 44.1 Å². The first-order chi connectivity index (χ1) is 12.4. The molecule has 2 aliphatic rings. The highest BCUT2D eigenvalue weighted by molar-refractivity contribution is 5.81. The summed E-state index contributed by atoms with van der Waals surface area (Å²) in [5.41, 5.74) is 3.16. The molecule has 0 fully saturated rings. The fraction of sp³-hybridized carbons (Fsp3) is 0.474. The molecule has 0 aromatic heterocycles. The molecule has 2 aliphatic heterocycles. The van der Waals surface area contributed by atoms with Crippen LogP contribution < -0.4 is 11.2 Å². The molecule has 3 rings (SSSR count). The Labute approximate surface area is 151 Å². The second-order valence-corrected chi connectivity index (χ2v) is 6.67. The molecule has 0 bridgehead atoms. The number of hydrogen-bond acceptors (Lipinski definition) is 5. The van der Waals surface area contributed by atoms with Gasteiger partial charge in [-0.25, -0.2) is 9.78 Å². The predicted molar refractivity (Wildman–Crippen MR) is 101 cm³/mol. The van der Waals surface area contributed by atoms with Crippen LogP contribution >= 0.6 is 0 Å². The largest absolute Gasteiger partial charge is 0.385 e. The summed E-state index contributed by atoms with van der Waals surface area (Å²) in [4.78, 5) is 33.3. The van der Waals surface area contributed by atoms with Crippen LogP contribution in [-0.4, -0.2) is 32.8 Å². The number of rotatable bonds is 6. The maximum atomic E-state index is 12.5. The highest BCUT2D eigenvalue weighted by atomic mass is 16.5. The molecule has 0 atom stereocenters. The van der Waals surface area contributed by atoms with Gasteiger partial charge in [-0.15, -0.1) is 0 Å². The summed E-state index contributed by atoms with van der Waals surface area (Å²) in [5.74, 6) is 0.362. The summed E-state index contributed by atoms with van der Waals surface area (Å²) in [6.45, 7) is 5.46. The van der Waals surface area contributed by atoms with Crippen molar-refractivity contribution in [2.45, 2.75) is 39.7 Å². The molecule has 7 heteroatoms. The van der Waals surface area contributed by atoms with Crippen molar-refractivity contribution in [3.63, 3.8) is 0 Å². The standard InChI is InChI=1S/C19H24N4O3/c1-12-10-14-15(11-13(12)2)23(8-6-5-7-9-26-4)17-16(20-14)18(24)22(3)19(25)21-17/h10-11H,5-9H2,1-4H3. The van der Waals surface area contributed by atoms with Crippen LogP contribution in [0.15, 0.2) is 21.7 Å². The van der Waals surface area contributed by atoms with Crippen LogP contribution in [0.5, 0.6) is 0 Å². The first-order valence-electron chi connectivity index (χ1n) is 8.81.